The van der Waals surface area contributed by atoms with E-state index in [9.17, 15) is 0 Å². The lowest BCUT2D eigenvalue weighted by atomic mass is 10.2. The van der Waals surface area contributed by atoms with E-state index < -0.39 is 0 Å². The fourth-order valence-electron chi connectivity index (χ4n) is 2.06. The van der Waals surface area contributed by atoms with Crippen LogP contribution in [-0.2, 0) is 24.1 Å². The van der Waals surface area contributed by atoms with Crippen molar-refractivity contribution in [2.75, 3.05) is 13.7 Å². The molecule has 1 unspecified atom stereocenters. The second-order valence-electron chi connectivity index (χ2n) is 4.25. The Bertz CT molecular complexity index is 300. The van der Waals surface area contributed by atoms with Crippen molar-refractivity contribution >= 4 is 11.3 Å². The number of aryl methyl sites for hydroxylation is 2. The lowest BCUT2D eigenvalue weighted by molar-refractivity contribution is 0.172. The number of ether oxygens (including phenoxy) is 1. The molecule has 0 fully saturated rings. The molecule has 15 heavy (non-hydrogen) atoms. The fourth-order valence-corrected chi connectivity index (χ4v) is 3.27. The van der Waals surface area contributed by atoms with Gasteiger partial charge in [-0.3, -0.25) is 0 Å². The normalized spacial score (nSPS) is 16.7. The SMILES string of the molecule is COCC(C)NCc1cc2c(s1)CCC2. The van der Waals surface area contributed by atoms with Gasteiger partial charge in [0.1, 0.15) is 0 Å². The molecule has 0 aromatic carbocycles. The molecule has 1 aromatic heterocycles. The minimum absolute atomic E-state index is 0.437. The summed E-state index contributed by atoms with van der Waals surface area (Å²) in [5.74, 6) is 0. The Morgan fingerprint density at radius 1 is 1.53 bits per heavy atom. The maximum absolute atomic E-state index is 5.09. The Morgan fingerprint density at radius 3 is 3.13 bits per heavy atom. The van der Waals surface area contributed by atoms with Crippen molar-refractivity contribution in [1.82, 2.24) is 5.32 Å². The van der Waals surface area contributed by atoms with Crippen molar-refractivity contribution in [1.29, 1.82) is 0 Å². The van der Waals surface area contributed by atoms with Crippen molar-refractivity contribution in [2.45, 2.75) is 38.8 Å². The molecule has 0 amide bonds. The van der Waals surface area contributed by atoms with Crippen LogP contribution in [0.25, 0.3) is 0 Å². The number of hydrogen-bond donors (Lipinski definition) is 1. The fraction of sp³-hybridized carbons (Fsp3) is 0.667. The number of hydrogen-bond acceptors (Lipinski definition) is 3. The molecule has 1 aliphatic rings. The van der Waals surface area contributed by atoms with Gasteiger partial charge >= 0.3 is 0 Å². The lowest BCUT2D eigenvalue weighted by Crippen LogP contribution is -2.29. The van der Waals surface area contributed by atoms with E-state index >= 15 is 0 Å². The molecule has 1 heterocycles. The number of rotatable bonds is 5. The average molecular weight is 225 g/mol. The highest BCUT2D eigenvalue weighted by Crippen LogP contribution is 2.30. The highest BCUT2D eigenvalue weighted by molar-refractivity contribution is 7.12. The largest absolute Gasteiger partial charge is 0.383 e. The molecular weight excluding hydrogens is 206 g/mol. The number of nitrogens with one attached hydrogen (secondary N) is 1. The Kier molecular flexibility index (Phi) is 3.78. The summed E-state index contributed by atoms with van der Waals surface area (Å²) in [5.41, 5.74) is 1.59. The molecule has 0 spiro atoms. The van der Waals surface area contributed by atoms with Gasteiger partial charge in [-0.1, -0.05) is 0 Å². The van der Waals surface area contributed by atoms with E-state index in [1.807, 2.05) is 11.3 Å². The van der Waals surface area contributed by atoms with E-state index in [4.69, 9.17) is 4.74 Å². The monoisotopic (exact) mass is 225 g/mol. The molecule has 3 heteroatoms. The molecule has 0 bridgehead atoms. The van der Waals surface area contributed by atoms with E-state index in [0.717, 1.165) is 13.2 Å². The van der Waals surface area contributed by atoms with E-state index in [1.54, 1.807) is 17.6 Å². The van der Waals surface area contributed by atoms with Crippen LogP contribution in [0.5, 0.6) is 0 Å². The maximum Gasteiger partial charge on any atom is 0.0613 e. The van der Waals surface area contributed by atoms with E-state index in [0.29, 0.717) is 6.04 Å². The molecular formula is C12H19NOS. The third-order valence-electron chi connectivity index (χ3n) is 2.84. The molecule has 2 rings (SSSR count). The Labute approximate surface area is 95.6 Å². The molecule has 0 radical (unpaired) electrons. The summed E-state index contributed by atoms with van der Waals surface area (Å²) in [6.07, 6.45) is 3.95. The first kappa shape index (κ1) is 11.1. The van der Waals surface area contributed by atoms with Crippen LogP contribution in [-0.4, -0.2) is 19.8 Å². The van der Waals surface area contributed by atoms with Gasteiger partial charge in [0.15, 0.2) is 0 Å². The second-order valence-corrected chi connectivity index (χ2v) is 5.47. The van der Waals surface area contributed by atoms with Crippen LogP contribution >= 0.6 is 11.3 Å². The van der Waals surface area contributed by atoms with Gasteiger partial charge in [-0.25, -0.2) is 0 Å². The third-order valence-corrected chi connectivity index (χ3v) is 4.08. The predicted octanol–water partition coefficient (Wildman–Crippen LogP) is 2.36. The molecule has 0 aliphatic heterocycles. The average Bonchev–Trinajstić information content (AvgIpc) is 2.74. The predicted molar refractivity (Wildman–Crippen MR) is 64.5 cm³/mol. The van der Waals surface area contributed by atoms with Crippen LogP contribution in [0.1, 0.15) is 28.7 Å². The maximum atomic E-state index is 5.09. The molecule has 1 aliphatic carbocycles. The highest BCUT2D eigenvalue weighted by atomic mass is 32.1. The first-order valence-electron chi connectivity index (χ1n) is 5.62. The zero-order valence-electron chi connectivity index (χ0n) is 9.51. The van der Waals surface area contributed by atoms with Crippen LogP contribution in [0.4, 0.5) is 0 Å². The van der Waals surface area contributed by atoms with E-state index in [1.165, 1.54) is 24.1 Å². The molecule has 2 nitrogen and oxygen atoms in total. The Hall–Kier alpha value is -0.380. The van der Waals surface area contributed by atoms with Gasteiger partial charge in [0, 0.05) is 29.5 Å². The second kappa shape index (κ2) is 5.10. The van der Waals surface area contributed by atoms with Crippen LogP contribution in [0.3, 0.4) is 0 Å². The number of fused-ring (bicyclic) bond motifs is 1. The smallest absolute Gasteiger partial charge is 0.0613 e. The van der Waals surface area contributed by atoms with Crippen molar-refractivity contribution in [3.05, 3.63) is 21.4 Å². The van der Waals surface area contributed by atoms with Gasteiger partial charge in [0.25, 0.3) is 0 Å². The molecule has 1 aromatic rings. The summed E-state index contributed by atoms with van der Waals surface area (Å²) in [6.45, 7) is 3.93. The van der Waals surface area contributed by atoms with Crippen LogP contribution in [0.15, 0.2) is 6.07 Å². The molecule has 1 atom stereocenters. The van der Waals surface area contributed by atoms with Gasteiger partial charge in [0.2, 0.25) is 0 Å². The summed E-state index contributed by atoms with van der Waals surface area (Å²) in [4.78, 5) is 3.09. The number of thiophene rings is 1. The van der Waals surface area contributed by atoms with Crippen molar-refractivity contribution in [3.8, 4) is 0 Å². The van der Waals surface area contributed by atoms with Gasteiger partial charge in [-0.05, 0) is 37.8 Å². The van der Waals surface area contributed by atoms with E-state index in [2.05, 4.69) is 18.3 Å². The molecule has 84 valence electrons. The van der Waals surface area contributed by atoms with Crippen molar-refractivity contribution in [2.24, 2.45) is 0 Å². The summed E-state index contributed by atoms with van der Waals surface area (Å²) in [5, 5.41) is 3.47. The minimum Gasteiger partial charge on any atom is -0.383 e. The van der Waals surface area contributed by atoms with Gasteiger partial charge < -0.3 is 10.1 Å². The summed E-state index contributed by atoms with van der Waals surface area (Å²) in [6, 6.07) is 2.81. The summed E-state index contributed by atoms with van der Waals surface area (Å²) in [7, 11) is 1.75. The topological polar surface area (TPSA) is 21.3 Å². The highest BCUT2D eigenvalue weighted by Gasteiger charge is 2.14. The molecule has 0 saturated heterocycles. The lowest BCUT2D eigenvalue weighted by Gasteiger charge is -2.11. The van der Waals surface area contributed by atoms with Gasteiger partial charge in [-0.2, -0.15) is 0 Å². The quantitative estimate of drug-likeness (QED) is 0.830. The molecule has 0 saturated carbocycles. The summed E-state index contributed by atoms with van der Waals surface area (Å²) >= 11 is 1.98. The van der Waals surface area contributed by atoms with Crippen LogP contribution in [0, 0.1) is 0 Å². The van der Waals surface area contributed by atoms with E-state index in [-0.39, 0.29) is 0 Å². The standard InChI is InChI=1S/C12H19NOS/c1-9(8-14-2)13-7-11-6-10-4-3-5-12(10)15-11/h6,9,13H,3-5,7-8H2,1-2H3. The Balaban J connectivity index is 1.83. The van der Waals surface area contributed by atoms with Gasteiger partial charge in [0.05, 0.1) is 6.61 Å². The molecule has 1 N–H and O–H groups in total. The van der Waals surface area contributed by atoms with Crippen LogP contribution < -0.4 is 5.32 Å². The zero-order chi connectivity index (χ0) is 10.7. The van der Waals surface area contributed by atoms with Crippen molar-refractivity contribution < 1.29 is 4.74 Å². The first-order valence-corrected chi connectivity index (χ1v) is 6.44. The summed E-state index contributed by atoms with van der Waals surface area (Å²) < 4.78 is 5.09. The van der Waals surface area contributed by atoms with Crippen molar-refractivity contribution in [3.63, 3.8) is 0 Å². The van der Waals surface area contributed by atoms with Gasteiger partial charge in [-0.15, -0.1) is 11.3 Å². The Morgan fingerprint density at radius 2 is 2.40 bits per heavy atom. The number of methoxy groups -OCH3 is 1. The first-order chi connectivity index (χ1) is 7.29. The van der Waals surface area contributed by atoms with Crippen LogP contribution in [0.2, 0.25) is 0 Å². The third kappa shape index (κ3) is 2.80. The zero-order valence-corrected chi connectivity index (χ0v) is 10.3. The minimum atomic E-state index is 0.437.